The Morgan fingerprint density at radius 3 is 2.58 bits per heavy atom. The number of nitrogens with zero attached hydrogens (tertiary/aromatic N) is 1. The van der Waals surface area contributed by atoms with Crippen LogP contribution in [0.1, 0.15) is 45.4 Å². The van der Waals surface area contributed by atoms with Crippen LogP contribution in [0.5, 0.6) is 0 Å². The molecule has 0 aliphatic heterocycles. The van der Waals surface area contributed by atoms with Gasteiger partial charge in [-0.2, -0.15) is 5.26 Å². The van der Waals surface area contributed by atoms with Crippen molar-refractivity contribution in [3.05, 3.63) is 0 Å². The Balaban J connectivity index is 3.26. The Morgan fingerprint density at radius 1 is 1.33 bits per heavy atom. The van der Waals surface area contributed by atoms with Crippen molar-refractivity contribution in [1.29, 1.82) is 5.26 Å². The zero-order valence-electron chi connectivity index (χ0n) is 8.18. The standard InChI is InChI=1S/C10H19NO/c1-3-4-5-6-7-10(12-2)8-9-11/h10H,3-8H2,1-2H3. The fourth-order valence-corrected chi connectivity index (χ4v) is 1.20. The van der Waals surface area contributed by atoms with Gasteiger partial charge < -0.3 is 4.74 Å². The third-order valence-electron chi connectivity index (χ3n) is 2.03. The summed E-state index contributed by atoms with van der Waals surface area (Å²) in [5.74, 6) is 0. The molecule has 0 radical (unpaired) electrons. The average Bonchev–Trinajstić information content (AvgIpc) is 2.10. The molecule has 1 atom stereocenters. The average molecular weight is 169 g/mol. The molecule has 0 aromatic carbocycles. The lowest BCUT2D eigenvalue weighted by Crippen LogP contribution is -2.08. The molecule has 0 bridgehead atoms. The molecule has 0 aliphatic rings. The summed E-state index contributed by atoms with van der Waals surface area (Å²) >= 11 is 0. The van der Waals surface area contributed by atoms with Crippen LogP contribution in [-0.2, 0) is 4.74 Å². The fraction of sp³-hybridized carbons (Fsp3) is 0.900. The zero-order valence-corrected chi connectivity index (χ0v) is 8.18. The normalized spacial score (nSPS) is 12.4. The zero-order chi connectivity index (χ0) is 9.23. The van der Waals surface area contributed by atoms with Crippen LogP contribution in [0, 0.1) is 11.3 Å². The highest BCUT2D eigenvalue weighted by molar-refractivity contribution is 4.75. The highest BCUT2D eigenvalue weighted by Crippen LogP contribution is 2.09. The van der Waals surface area contributed by atoms with Crippen molar-refractivity contribution < 1.29 is 4.74 Å². The van der Waals surface area contributed by atoms with Gasteiger partial charge in [0.15, 0.2) is 0 Å². The molecule has 0 saturated heterocycles. The van der Waals surface area contributed by atoms with Crippen molar-refractivity contribution in [3.8, 4) is 6.07 Å². The summed E-state index contributed by atoms with van der Waals surface area (Å²) < 4.78 is 5.15. The highest BCUT2D eigenvalue weighted by Gasteiger charge is 2.04. The van der Waals surface area contributed by atoms with E-state index in [1.807, 2.05) is 0 Å². The second-order valence-corrected chi connectivity index (χ2v) is 3.07. The maximum atomic E-state index is 8.44. The molecule has 0 spiro atoms. The minimum atomic E-state index is 0.159. The number of hydrogen-bond acceptors (Lipinski definition) is 2. The minimum absolute atomic E-state index is 0.159. The molecule has 0 aromatic heterocycles. The highest BCUT2D eigenvalue weighted by atomic mass is 16.5. The second-order valence-electron chi connectivity index (χ2n) is 3.07. The van der Waals surface area contributed by atoms with Gasteiger partial charge in [0.25, 0.3) is 0 Å². The molecule has 70 valence electrons. The first-order valence-corrected chi connectivity index (χ1v) is 4.74. The molecule has 0 aliphatic carbocycles. The molecule has 0 aromatic rings. The van der Waals surface area contributed by atoms with Gasteiger partial charge in [0, 0.05) is 7.11 Å². The topological polar surface area (TPSA) is 33.0 Å². The van der Waals surface area contributed by atoms with Crippen molar-refractivity contribution in [1.82, 2.24) is 0 Å². The number of hydrogen-bond donors (Lipinski definition) is 0. The first-order chi connectivity index (χ1) is 5.85. The third kappa shape index (κ3) is 6.18. The van der Waals surface area contributed by atoms with E-state index in [1.54, 1.807) is 7.11 Å². The predicted octanol–water partition coefficient (Wildman–Crippen LogP) is 2.89. The van der Waals surface area contributed by atoms with E-state index < -0.39 is 0 Å². The van der Waals surface area contributed by atoms with Gasteiger partial charge in [0.05, 0.1) is 18.6 Å². The molecule has 1 unspecified atom stereocenters. The number of unbranched alkanes of at least 4 members (excludes halogenated alkanes) is 3. The molecule has 0 N–H and O–H groups in total. The first kappa shape index (κ1) is 11.4. The second kappa shape index (κ2) is 8.55. The lowest BCUT2D eigenvalue weighted by atomic mass is 10.1. The molecule has 0 amide bonds. The lowest BCUT2D eigenvalue weighted by Gasteiger charge is -2.10. The van der Waals surface area contributed by atoms with E-state index in [1.165, 1.54) is 25.7 Å². The smallest absolute Gasteiger partial charge is 0.0701 e. The molecular formula is C10H19NO. The van der Waals surface area contributed by atoms with Crippen LogP contribution in [0.25, 0.3) is 0 Å². The van der Waals surface area contributed by atoms with Crippen molar-refractivity contribution in [2.24, 2.45) is 0 Å². The van der Waals surface area contributed by atoms with Gasteiger partial charge >= 0.3 is 0 Å². The largest absolute Gasteiger partial charge is 0.380 e. The van der Waals surface area contributed by atoms with Crippen LogP contribution in [0.15, 0.2) is 0 Å². The summed E-state index contributed by atoms with van der Waals surface area (Å²) in [6, 6.07) is 2.13. The maximum Gasteiger partial charge on any atom is 0.0701 e. The quantitative estimate of drug-likeness (QED) is 0.549. The van der Waals surface area contributed by atoms with E-state index in [-0.39, 0.29) is 6.10 Å². The van der Waals surface area contributed by atoms with E-state index in [4.69, 9.17) is 10.00 Å². The van der Waals surface area contributed by atoms with Gasteiger partial charge in [-0.25, -0.2) is 0 Å². The van der Waals surface area contributed by atoms with Gasteiger partial charge in [-0.1, -0.05) is 32.6 Å². The maximum absolute atomic E-state index is 8.44. The van der Waals surface area contributed by atoms with Crippen LogP contribution >= 0.6 is 0 Å². The monoisotopic (exact) mass is 169 g/mol. The van der Waals surface area contributed by atoms with Crippen molar-refractivity contribution in [2.45, 2.75) is 51.6 Å². The Labute approximate surface area is 75.5 Å². The van der Waals surface area contributed by atoms with Crippen LogP contribution < -0.4 is 0 Å². The summed E-state index contributed by atoms with van der Waals surface area (Å²) in [4.78, 5) is 0. The Hall–Kier alpha value is -0.550. The van der Waals surface area contributed by atoms with Gasteiger partial charge in [0.2, 0.25) is 0 Å². The van der Waals surface area contributed by atoms with Gasteiger partial charge in [-0.05, 0) is 6.42 Å². The Kier molecular flexibility index (Phi) is 8.15. The Morgan fingerprint density at radius 2 is 2.08 bits per heavy atom. The molecule has 12 heavy (non-hydrogen) atoms. The van der Waals surface area contributed by atoms with Crippen molar-refractivity contribution >= 4 is 0 Å². The van der Waals surface area contributed by atoms with Crippen LogP contribution in [-0.4, -0.2) is 13.2 Å². The van der Waals surface area contributed by atoms with Gasteiger partial charge in [-0.15, -0.1) is 0 Å². The number of nitriles is 1. The summed E-state index contributed by atoms with van der Waals surface area (Å²) in [5, 5.41) is 8.44. The minimum Gasteiger partial charge on any atom is -0.380 e. The molecule has 2 heteroatoms. The molecule has 0 heterocycles. The molecular weight excluding hydrogens is 150 g/mol. The Bertz CT molecular complexity index is 128. The van der Waals surface area contributed by atoms with E-state index in [0.717, 1.165) is 6.42 Å². The number of methoxy groups -OCH3 is 1. The third-order valence-corrected chi connectivity index (χ3v) is 2.03. The van der Waals surface area contributed by atoms with Gasteiger partial charge in [-0.3, -0.25) is 0 Å². The SMILES string of the molecule is CCCCCCC(CC#N)OC. The van der Waals surface area contributed by atoms with Crippen molar-refractivity contribution in [3.63, 3.8) is 0 Å². The molecule has 0 fully saturated rings. The fourth-order valence-electron chi connectivity index (χ4n) is 1.20. The van der Waals surface area contributed by atoms with E-state index in [9.17, 15) is 0 Å². The molecule has 2 nitrogen and oxygen atoms in total. The number of ether oxygens (including phenoxy) is 1. The van der Waals surface area contributed by atoms with Crippen LogP contribution in [0.4, 0.5) is 0 Å². The van der Waals surface area contributed by atoms with Crippen LogP contribution in [0.3, 0.4) is 0 Å². The summed E-state index contributed by atoms with van der Waals surface area (Å²) in [6.07, 6.45) is 6.73. The number of rotatable bonds is 7. The summed E-state index contributed by atoms with van der Waals surface area (Å²) in [5.41, 5.74) is 0. The molecule has 0 saturated carbocycles. The summed E-state index contributed by atoms with van der Waals surface area (Å²) in [7, 11) is 1.68. The lowest BCUT2D eigenvalue weighted by molar-refractivity contribution is 0.0966. The first-order valence-electron chi connectivity index (χ1n) is 4.74. The van der Waals surface area contributed by atoms with Crippen LogP contribution in [0.2, 0.25) is 0 Å². The molecule has 0 rings (SSSR count). The van der Waals surface area contributed by atoms with E-state index in [0.29, 0.717) is 6.42 Å². The summed E-state index contributed by atoms with van der Waals surface area (Å²) in [6.45, 7) is 2.20. The van der Waals surface area contributed by atoms with Gasteiger partial charge in [0.1, 0.15) is 0 Å². The van der Waals surface area contributed by atoms with Crippen molar-refractivity contribution in [2.75, 3.05) is 7.11 Å². The van der Waals surface area contributed by atoms with E-state index in [2.05, 4.69) is 13.0 Å². The van der Waals surface area contributed by atoms with E-state index >= 15 is 0 Å². The predicted molar refractivity (Wildman–Crippen MR) is 49.8 cm³/mol.